The van der Waals surface area contributed by atoms with Gasteiger partial charge in [0.25, 0.3) is 11.5 Å². The standard InChI is InChI=1S/C28H33N5O4S2/c1-18-11-12-29-22(17-18)33-27(36)24-21(19(2)39-26(24)32-28(33)38)9-10-23(34)30-13-15-37-16-14-31-25(35)20-7-5-3-4-6-8-20/h11-12,17,20H,3-8,13-16H2,1-2H3,(H,30,34)(H,31,35)(H,32,38). The summed E-state index contributed by atoms with van der Waals surface area (Å²) >= 11 is 5.74. The van der Waals surface area contributed by atoms with Crippen LogP contribution in [0.1, 0.15) is 54.5 Å². The highest BCUT2D eigenvalue weighted by molar-refractivity contribution is 7.80. The van der Waals surface area contributed by atoms with Crippen molar-refractivity contribution in [3.05, 3.63) is 44.7 Å². The molecule has 0 bridgehead atoms. The molecule has 206 valence electrons. The van der Waals surface area contributed by atoms with Crippen molar-refractivity contribution >= 4 is 46.0 Å². The van der Waals surface area contributed by atoms with Gasteiger partial charge in [-0.2, -0.15) is 0 Å². The first-order chi connectivity index (χ1) is 18.8. The van der Waals surface area contributed by atoms with E-state index < -0.39 is 5.91 Å². The summed E-state index contributed by atoms with van der Waals surface area (Å²) in [7, 11) is 0. The highest BCUT2D eigenvalue weighted by atomic mass is 32.1. The van der Waals surface area contributed by atoms with E-state index in [1.807, 2.05) is 19.9 Å². The maximum atomic E-state index is 13.4. The van der Waals surface area contributed by atoms with E-state index in [2.05, 4.69) is 45.1 Å². The molecule has 0 spiro atoms. The predicted molar refractivity (Wildman–Crippen MR) is 155 cm³/mol. The van der Waals surface area contributed by atoms with Gasteiger partial charge in [-0.05, 0) is 44.4 Å². The summed E-state index contributed by atoms with van der Waals surface area (Å²) in [4.78, 5) is 48.1. The van der Waals surface area contributed by atoms with Gasteiger partial charge in [-0.1, -0.05) is 31.6 Å². The Hall–Kier alpha value is -3.20. The first-order valence-electron chi connectivity index (χ1n) is 13.2. The summed E-state index contributed by atoms with van der Waals surface area (Å²) in [5.41, 5.74) is 1.08. The molecule has 0 atom stereocenters. The van der Waals surface area contributed by atoms with Crippen molar-refractivity contribution in [3.63, 3.8) is 0 Å². The van der Waals surface area contributed by atoms with Crippen molar-refractivity contribution in [2.45, 2.75) is 57.5 Å². The molecule has 39 heavy (non-hydrogen) atoms. The largest absolute Gasteiger partial charge is 0.378 e. The average molecular weight is 568 g/mol. The van der Waals surface area contributed by atoms with Gasteiger partial charge in [-0.3, -0.25) is 14.4 Å². The Kier molecular flexibility index (Phi) is 10.1. The Balaban J connectivity index is 1.30. The molecule has 0 aliphatic heterocycles. The second-order valence-electron chi connectivity index (χ2n) is 9.55. The summed E-state index contributed by atoms with van der Waals surface area (Å²) in [5.74, 6) is 5.61. The third-order valence-corrected chi connectivity index (χ3v) is 7.92. The maximum Gasteiger partial charge on any atom is 0.296 e. The molecule has 0 aromatic carbocycles. The SMILES string of the molecule is Cc1ccnc(-n2c(S)nc3sc(C)c(C#CC(=O)NCCOCCNC(=O)C4CCCCCC4)c3c2=O)c1. The Morgan fingerprint density at radius 3 is 2.59 bits per heavy atom. The number of rotatable bonds is 8. The van der Waals surface area contributed by atoms with Gasteiger partial charge in [0.15, 0.2) is 5.16 Å². The first-order valence-corrected chi connectivity index (χ1v) is 14.4. The molecule has 1 fully saturated rings. The van der Waals surface area contributed by atoms with Gasteiger partial charge in [-0.25, -0.2) is 14.5 Å². The fourth-order valence-electron chi connectivity index (χ4n) is 4.58. The number of aryl methyl sites for hydroxylation is 2. The molecule has 1 aliphatic rings. The third kappa shape index (κ3) is 7.47. The van der Waals surface area contributed by atoms with Crippen LogP contribution < -0.4 is 16.2 Å². The summed E-state index contributed by atoms with van der Waals surface area (Å²) in [6.45, 7) is 5.16. The lowest BCUT2D eigenvalue weighted by molar-refractivity contribution is -0.125. The number of thiol groups is 1. The second-order valence-corrected chi connectivity index (χ2v) is 11.2. The molecule has 1 saturated carbocycles. The van der Waals surface area contributed by atoms with Crippen LogP contribution in [-0.4, -0.2) is 52.7 Å². The molecule has 0 saturated heterocycles. The molecule has 9 nitrogen and oxygen atoms in total. The van der Waals surface area contributed by atoms with Crippen LogP contribution in [0.15, 0.2) is 28.3 Å². The number of carbonyl (C=O) groups excluding carboxylic acids is 2. The average Bonchev–Trinajstić information content (AvgIpc) is 3.05. The molecular formula is C28H33N5O4S2. The number of aromatic nitrogens is 3. The normalized spacial score (nSPS) is 13.9. The number of ether oxygens (including phenoxy) is 1. The van der Waals surface area contributed by atoms with E-state index in [-0.39, 0.29) is 29.1 Å². The molecule has 2 N–H and O–H groups in total. The van der Waals surface area contributed by atoms with Crippen LogP contribution in [0.5, 0.6) is 0 Å². The van der Waals surface area contributed by atoms with Crippen LogP contribution in [0.3, 0.4) is 0 Å². The first kappa shape index (κ1) is 28.8. The number of nitrogens with zero attached hydrogens (tertiary/aromatic N) is 3. The molecular weight excluding hydrogens is 534 g/mol. The molecule has 0 radical (unpaired) electrons. The Morgan fingerprint density at radius 2 is 1.87 bits per heavy atom. The van der Waals surface area contributed by atoms with Gasteiger partial charge in [0, 0.05) is 36.0 Å². The zero-order chi connectivity index (χ0) is 27.8. The summed E-state index contributed by atoms with van der Waals surface area (Å²) in [6, 6.07) is 3.62. The van der Waals surface area contributed by atoms with Crippen LogP contribution >= 0.6 is 24.0 Å². The van der Waals surface area contributed by atoms with E-state index in [1.54, 1.807) is 12.3 Å². The van der Waals surface area contributed by atoms with E-state index in [9.17, 15) is 14.4 Å². The van der Waals surface area contributed by atoms with Gasteiger partial charge in [0.1, 0.15) is 10.6 Å². The van der Waals surface area contributed by atoms with Crippen LogP contribution in [0.4, 0.5) is 0 Å². The highest BCUT2D eigenvalue weighted by Crippen LogP contribution is 2.28. The number of fused-ring (bicyclic) bond motifs is 1. The van der Waals surface area contributed by atoms with Crippen LogP contribution in [0, 0.1) is 31.6 Å². The van der Waals surface area contributed by atoms with Crippen molar-refractivity contribution in [3.8, 4) is 17.7 Å². The van der Waals surface area contributed by atoms with E-state index in [0.29, 0.717) is 41.4 Å². The maximum absolute atomic E-state index is 13.4. The quantitative estimate of drug-likeness (QED) is 0.127. The zero-order valence-electron chi connectivity index (χ0n) is 22.2. The van der Waals surface area contributed by atoms with Crippen molar-refractivity contribution < 1.29 is 14.3 Å². The Labute approximate surface area is 237 Å². The molecule has 1 aliphatic carbocycles. The fourth-order valence-corrected chi connectivity index (χ4v) is 5.91. The number of hydrogen-bond donors (Lipinski definition) is 3. The second kappa shape index (κ2) is 13.7. The van der Waals surface area contributed by atoms with Gasteiger partial charge >= 0.3 is 0 Å². The number of amides is 2. The summed E-state index contributed by atoms with van der Waals surface area (Å²) < 4.78 is 6.86. The molecule has 3 aromatic rings. The minimum absolute atomic E-state index is 0.114. The van der Waals surface area contributed by atoms with Gasteiger partial charge in [-0.15, -0.1) is 24.0 Å². The monoisotopic (exact) mass is 567 g/mol. The third-order valence-electron chi connectivity index (χ3n) is 6.62. The molecule has 2 amide bonds. The Morgan fingerprint density at radius 1 is 1.15 bits per heavy atom. The Bertz CT molecular complexity index is 1460. The lowest BCUT2D eigenvalue weighted by Gasteiger charge is -2.14. The van der Waals surface area contributed by atoms with E-state index >= 15 is 0 Å². The molecule has 3 heterocycles. The van der Waals surface area contributed by atoms with Crippen molar-refractivity contribution in [1.82, 2.24) is 25.2 Å². The predicted octanol–water partition coefficient (Wildman–Crippen LogP) is 3.32. The summed E-state index contributed by atoms with van der Waals surface area (Å²) in [6.07, 6.45) is 8.22. The van der Waals surface area contributed by atoms with Gasteiger partial charge in [0.2, 0.25) is 5.91 Å². The topological polar surface area (TPSA) is 115 Å². The minimum Gasteiger partial charge on any atom is -0.378 e. The number of pyridine rings is 1. The molecule has 11 heteroatoms. The van der Waals surface area contributed by atoms with Crippen molar-refractivity contribution in [1.29, 1.82) is 0 Å². The molecule has 0 unspecified atom stereocenters. The molecule has 4 rings (SSSR count). The lowest BCUT2D eigenvalue weighted by atomic mass is 10.00. The number of nitrogens with one attached hydrogen (secondary N) is 2. The van der Waals surface area contributed by atoms with E-state index in [4.69, 9.17) is 4.74 Å². The van der Waals surface area contributed by atoms with E-state index in [1.165, 1.54) is 28.7 Å². The van der Waals surface area contributed by atoms with Crippen LogP contribution in [0.25, 0.3) is 16.0 Å². The highest BCUT2D eigenvalue weighted by Gasteiger charge is 2.20. The molecule has 3 aromatic heterocycles. The van der Waals surface area contributed by atoms with Crippen LogP contribution in [-0.2, 0) is 14.3 Å². The lowest BCUT2D eigenvalue weighted by Crippen LogP contribution is -2.33. The van der Waals surface area contributed by atoms with Crippen LogP contribution in [0.2, 0.25) is 0 Å². The number of thiophene rings is 1. The summed E-state index contributed by atoms with van der Waals surface area (Å²) in [5, 5.41) is 6.21. The number of hydrogen-bond acceptors (Lipinski definition) is 8. The van der Waals surface area contributed by atoms with Crippen molar-refractivity contribution in [2.75, 3.05) is 26.3 Å². The number of carbonyl (C=O) groups is 2. The van der Waals surface area contributed by atoms with Gasteiger partial charge in [0.05, 0.1) is 24.2 Å². The minimum atomic E-state index is -0.474. The fraction of sp³-hybridized carbons (Fsp3) is 0.464. The van der Waals surface area contributed by atoms with Gasteiger partial charge < -0.3 is 15.4 Å². The van der Waals surface area contributed by atoms with E-state index in [0.717, 1.165) is 36.1 Å². The zero-order valence-corrected chi connectivity index (χ0v) is 23.9. The smallest absolute Gasteiger partial charge is 0.296 e. The van der Waals surface area contributed by atoms with Crippen molar-refractivity contribution in [2.24, 2.45) is 5.92 Å².